The SMILES string of the molecule is CN=C[C@H](Cc1ccc(Br)s1)NC(=O)[C@@H]1[C@H]2CC[C@H](C2)N1C(=O)OC(C)(C)C. The number of carbonyl (C=O) groups excluding carboxylic acids is 2. The predicted octanol–water partition coefficient (Wildman–Crippen LogP) is 4.03. The molecular formula is C20H28BrN3O3S. The molecule has 3 rings (SSSR count). The minimum Gasteiger partial charge on any atom is -0.444 e. The highest BCUT2D eigenvalue weighted by atomic mass is 79.9. The van der Waals surface area contributed by atoms with Gasteiger partial charge in [0, 0.05) is 30.6 Å². The van der Waals surface area contributed by atoms with Crippen LogP contribution < -0.4 is 5.32 Å². The van der Waals surface area contributed by atoms with Gasteiger partial charge in [0.25, 0.3) is 0 Å². The first-order chi connectivity index (χ1) is 13.2. The Balaban J connectivity index is 1.72. The lowest BCUT2D eigenvalue weighted by Crippen LogP contribution is -2.55. The molecule has 1 aliphatic heterocycles. The van der Waals surface area contributed by atoms with Gasteiger partial charge in [-0.15, -0.1) is 11.3 Å². The Bertz CT molecular complexity index is 758. The number of rotatable bonds is 5. The average molecular weight is 470 g/mol. The summed E-state index contributed by atoms with van der Waals surface area (Å²) in [5.74, 6) is 0.0891. The molecule has 0 unspecified atom stereocenters. The minimum absolute atomic E-state index is 0.0992. The molecule has 1 saturated carbocycles. The summed E-state index contributed by atoms with van der Waals surface area (Å²) in [5.41, 5.74) is -0.579. The number of carbonyl (C=O) groups is 2. The molecule has 1 aliphatic carbocycles. The summed E-state index contributed by atoms with van der Waals surface area (Å²) in [5, 5.41) is 3.10. The topological polar surface area (TPSA) is 71.0 Å². The Morgan fingerprint density at radius 3 is 2.79 bits per heavy atom. The van der Waals surface area contributed by atoms with Crippen molar-refractivity contribution in [3.8, 4) is 0 Å². The van der Waals surface area contributed by atoms with Crippen molar-refractivity contribution >= 4 is 45.5 Å². The van der Waals surface area contributed by atoms with E-state index in [0.717, 1.165) is 27.9 Å². The second kappa shape index (κ2) is 8.53. The smallest absolute Gasteiger partial charge is 0.411 e. The van der Waals surface area contributed by atoms with Crippen molar-refractivity contribution in [3.05, 3.63) is 20.8 Å². The van der Waals surface area contributed by atoms with Gasteiger partial charge in [0.05, 0.1) is 9.83 Å². The average Bonchev–Trinajstić information content (AvgIpc) is 3.29. The molecule has 1 N–H and O–H groups in total. The van der Waals surface area contributed by atoms with E-state index in [2.05, 4.69) is 26.2 Å². The zero-order chi connectivity index (χ0) is 20.5. The third kappa shape index (κ3) is 4.95. The number of nitrogens with zero attached hydrogens (tertiary/aromatic N) is 2. The molecule has 2 aliphatic rings. The summed E-state index contributed by atoms with van der Waals surface area (Å²) >= 11 is 5.12. The molecule has 1 aromatic heterocycles. The molecule has 2 amide bonds. The van der Waals surface area contributed by atoms with E-state index in [4.69, 9.17) is 4.74 Å². The lowest BCUT2D eigenvalue weighted by atomic mass is 9.97. The monoisotopic (exact) mass is 469 g/mol. The van der Waals surface area contributed by atoms with Gasteiger partial charge < -0.3 is 10.1 Å². The largest absolute Gasteiger partial charge is 0.444 e. The number of likely N-dealkylation sites (tertiary alicyclic amines) is 1. The lowest BCUT2D eigenvalue weighted by molar-refractivity contribution is -0.128. The molecule has 1 saturated heterocycles. The van der Waals surface area contributed by atoms with Gasteiger partial charge in [-0.1, -0.05) is 0 Å². The first kappa shape index (κ1) is 21.3. The summed E-state index contributed by atoms with van der Waals surface area (Å²) in [6.45, 7) is 5.55. The number of amides is 2. The second-order valence-electron chi connectivity index (χ2n) is 8.49. The maximum atomic E-state index is 13.2. The van der Waals surface area contributed by atoms with Crippen molar-refractivity contribution in [2.24, 2.45) is 10.9 Å². The normalized spacial score (nSPS) is 25.3. The van der Waals surface area contributed by atoms with Gasteiger partial charge in [-0.2, -0.15) is 0 Å². The van der Waals surface area contributed by atoms with Crippen LogP contribution in [0.3, 0.4) is 0 Å². The Hall–Kier alpha value is -1.41. The zero-order valence-corrected chi connectivity index (χ0v) is 19.2. The van der Waals surface area contributed by atoms with Crippen LogP contribution in [0, 0.1) is 5.92 Å². The Morgan fingerprint density at radius 2 is 2.18 bits per heavy atom. The maximum Gasteiger partial charge on any atom is 0.411 e. The number of hydrogen-bond donors (Lipinski definition) is 1. The van der Waals surface area contributed by atoms with Gasteiger partial charge in [-0.3, -0.25) is 14.7 Å². The van der Waals surface area contributed by atoms with E-state index in [1.807, 2.05) is 32.9 Å². The maximum absolute atomic E-state index is 13.2. The van der Waals surface area contributed by atoms with E-state index < -0.39 is 11.6 Å². The standard InChI is InChI=1S/C20H28BrN3O3S/c1-20(2,3)27-19(26)24-14-6-5-12(9-14)17(24)18(25)23-13(11-22-4)10-15-7-8-16(21)28-15/h7-8,11-14,17H,5-6,9-10H2,1-4H3,(H,23,25)/t12-,13-,14+,17-/m0/s1. The Morgan fingerprint density at radius 1 is 1.43 bits per heavy atom. The molecular weight excluding hydrogens is 442 g/mol. The Kier molecular flexibility index (Phi) is 6.49. The molecule has 0 aromatic carbocycles. The van der Waals surface area contributed by atoms with E-state index in [0.29, 0.717) is 6.42 Å². The molecule has 1 aromatic rings. The molecule has 154 valence electrons. The summed E-state index contributed by atoms with van der Waals surface area (Å²) in [6.07, 6.45) is 4.84. The molecule has 0 spiro atoms. The van der Waals surface area contributed by atoms with Crippen LogP contribution in [0.15, 0.2) is 20.9 Å². The fourth-order valence-corrected chi connectivity index (χ4v) is 5.71. The van der Waals surface area contributed by atoms with Crippen molar-refractivity contribution in [1.29, 1.82) is 0 Å². The van der Waals surface area contributed by atoms with Crippen molar-refractivity contribution in [1.82, 2.24) is 10.2 Å². The van der Waals surface area contributed by atoms with Crippen molar-refractivity contribution in [2.45, 2.75) is 70.2 Å². The number of halogens is 1. The minimum atomic E-state index is -0.579. The lowest BCUT2D eigenvalue weighted by Gasteiger charge is -2.36. The summed E-state index contributed by atoms with van der Waals surface area (Å²) in [7, 11) is 1.70. The number of hydrogen-bond acceptors (Lipinski definition) is 5. The van der Waals surface area contributed by atoms with Crippen molar-refractivity contribution in [2.75, 3.05) is 7.05 Å². The molecule has 4 atom stereocenters. The van der Waals surface area contributed by atoms with Gasteiger partial charge in [-0.05, 0) is 74.0 Å². The van der Waals surface area contributed by atoms with Gasteiger partial charge in [0.2, 0.25) is 5.91 Å². The highest BCUT2D eigenvalue weighted by Gasteiger charge is 2.52. The third-order valence-corrected chi connectivity index (χ3v) is 6.81. The van der Waals surface area contributed by atoms with E-state index in [1.165, 1.54) is 0 Å². The highest BCUT2D eigenvalue weighted by molar-refractivity contribution is 9.11. The Labute approximate surface area is 178 Å². The molecule has 2 bridgehead atoms. The van der Waals surface area contributed by atoms with Gasteiger partial charge >= 0.3 is 6.09 Å². The first-order valence-corrected chi connectivity index (χ1v) is 11.3. The van der Waals surface area contributed by atoms with Crippen LogP contribution in [0.2, 0.25) is 0 Å². The number of ether oxygens (including phenoxy) is 1. The van der Waals surface area contributed by atoms with Crippen LogP contribution in [0.1, 0.15) is 44.9 Å². The molecule has 2 fully saturated rings. The third-order valence-electron chi connectivity index (χ3n) is 5.16. The van der Waals surface area contributed by atoms with Gasteiger partial charge in [0.15, 0.2) is 0 Å². The van der Waals surface area contributed by atoms with E-state index in [1.54, 1.807) is 29.5 Å². The van der Waals surface area contributed by atoms with Crippen LogP contribution in [-0.2, 0) is 16.0 Å². The quantitative estimate of drug-likeness (QED) is 0.661. The molecule has 28 heavy (non-hydrogen) atoms. The number of nitrogens with one attached hydrogen (secondary N) is 1. The number of aliphatic imine (C=N–C) groups is 1. The number of fused-ring (bicyclic) bond motifs is 2. The van der Waals surface area contributed by atoms with Crippen LogP contribution in [-0.4, -0.2) is 53.9 Å². The summed E-state index contributed by atoms with van der Waals surface area (Å²) < 4.78 is 6.64. The van der Waals surface area contributed by atoms with Crippen LogP contribution in [0.5, 0.6) is 0 Å². The van der Waals surface area contributed by atoms with Gasteiger partial charge in [0.1, 0.15) is 11.6 Å². The van der Waals surface area contributed by atoms with E-state index in [-0.39, 0.29) is 30.0 Å². The summed E-state index contributed by atoms with van der Waals surface area (Å²) in [4.78, 5) is 32.9. The number of piperidine rings is 1. The van der Waals surface area contributed by atoms with Crippen molar-refractivity contribution in [3.63, 3.8) is 0 Å². The second-order valence-corrected chi connectivity index (χ2v) is 11.0. The van der Waals surface area contributed by atoms with E-state index >= 15 is 0 Å². The molecule has 2 heterocycles. The summed E-state index contributed by atoms with van der Waals surface area (Å²) in [6, 6.07) is 3.48. The molecule has 8 heteroatoms. The number of thiophene rings is 1. The molecule has 0 radical (unpaired) electrons. The first-order valence-electron chi connectivity index (χ1n) is 9.66. The van der Waals surface area contributed by atoms with Crippen molar-refractivity contribution < 1.29 is 14.3 Å². The molecule has 6 nitrogen and oxygen atoms in total. The zero-order valence-electron chi connectivity index (χ0n) is 16.8. The fourth-order valence-electron chi connectivity index (χ4n) is 4.17. The van der Waals surface area contributed by atoms with Gasteiger partial charge in [-0.25, -0.2) is 4.79 Å². The fraction of sp³-hybridized carbons (Fsp3) is 0.650. The highest BCUT2D eigenvalue weighted by Crippen LogP contribution is 2.43. The van der Waals surface area contributed by atoms with Crippen LogP contribution >= 0.6 is 27.3 Å². The predicted molar refractivity (Wildman–Crippen MR) is 115 cm³/mol. The van der Waals surface area contributed by atoms with Crippen LogP contribution in [0.25, 0.3) is 0 Å². The van der Waals surface area contributed by atoms with E-state index in [9.17, 15) is 9.59 Å². The van der Waals surface area contributed by atoms with Crippen LogP contribution in [0.4, 0.5) is 4.79 Å².